The Morgan fingerprint density at radius 2 is 1.81 bits per heavy atom. The number of hydrogen-bond acceptors (Lipinski definition) is 6. The van der Waals surface area contributed by atoms with Crippen LogP contribution in [-0.2, 0) is 5.60 Å². The largest absolute Gasteiger partial charge is 0.386 e. The Labute approximate surface area is 186 Å². The predicted octanol–water partition coefficient (Wildman–Crippen LogP) is 4.91. The molecule has 5 rings (SSSR count). The molecule has 0 spiro atoms. The van der Waals surface area contributed by atoms with Crippen LogP contribution in [0.25, 0.3) is 22.0 Å². The van der Waals surface area contributed by atoms with Crippen molar-refractivity contribution in [2.75, 3.05) is 23.5 Å². The van der Waals surface area contributed by atoms with Crippen molar-refractivity contribution in [2.24, 2.45) is 0 Å². The van der Waals surface area contributed by atoms with E-state index in [1.807, 2.05) is 38.4 Å². The molecule has 3 aromatic heterocycles. The van der Waals surface area contributed by atoms with E-state index in [-0.39, 0.29) is 0 Å². The van der Waals surface area contributed by atoms with Crippen molar-refractivity contribution in [3.8, 4) is 11.1 Å². The monoisotopic (exact) mass is 429 g/mol. The number of aromatic nitrogens is 3. The van der Waals surface area contributed by atoms with E-state index in [0.29, 0.717) is 12.4 Å². The molecule has 162 valence electrons. The van der Waals surface area contributed by atoms with Crippen molar-refractivity contribution in [1.82, 2.24) is 15.0 Å². The molecule has 4 heterocycles. The molecule has 1 aromatic carbocycles. The van der Waals surface area contributed by atoms with Gasteiger partial charge >= 0.3 is 0 Å². The van der Waals surface area contributed by atoms with Crippen LogP contribution < -0.4 is 9.80 Å². The summed E-state index contributed by atoms with van der Waals surface area (Å²) in [5.74, 6) is -0.486. The fourth-order valence-electron chi connectivity index (χ4n) is 4.21. The van der Waals surface area contributed by atoms with Crippen LogP contribution in [0.3, 0.4) is 0 Å². The Balaban J connectivity index is 1.70. The van der Waals surface area contributed by atoms with Crippen LogP contribution in [0.4, 0.5) is 21.5 Å². The molecule has 32 heavy (non-hydrogen) atoms. The zero-order valence-electron chi connectivity index (χ0n) is 18.5. The third kappa shape index (κ3) is 3.35. The molecule has 0 bridgehead atoms. The van der Waals surface area contributed by atoms with Crippen LogP contribution in [0.15, 0.2) is 55.0 Å². The maximum Gasteiger partial charge on any atom is 0.213 e. The van der Waals surface area contributed by atoms with Gasteiger partial charge in [-0.1, -0.05) is 6.07 Å². The van der Waals surface area contributed by atoms with Gasteiger partial charge in [0.05, 0.1) is 46.7 Å². The summed E-state index contributed by atoms with van der Waals surface area (Å²) in [6, 6.07) is 11.2. The lowest BCUT2D eigenvalue weighted by molar-refractivity contribution is 0.0783. The fourth-order valence-corrected chi connectivity index (χ4v) is 4.21. The molecule has 0 unspecified atom stereocenters. The minimum absolute atomic E-state index is 0.486. The number of benzene rings is 1. The zero-order valence-corrected chi connectivity index (χ0v) is 18.5. The number of aliphatic hydroxyl groups is 1. The molecule has 0 fully saturated rings. The molecular formula is C25H24FN5O. The summed E-state index contributed by atoms with van der Waals surface area (Å²) in [6.45, 7) is 5.93. The minimum atomic E-state index is -0.977. The molecule has 0 saturated carbocycles. The third-order valence-corrected chi connectivity index (χ3v) is 5.95. The number of pyridine rings is 3. The van der Waals surface area contributed by atoms with Crippen molar-refractivity contribution >= 4 is 28.0 Å². The Morgan fingerprint density at radius 3 is 2.56 bits per heavy atom. The lowest BCUT2D eigenvalue weighted by Gasteiger charge is -2.22. The molecule has 0 atom stereocenters. The number of rotatable bonds is 3. The minimum Gasteiger partial charge on any atom is -0.386 e. The van der Waals surface area contributed by atoms with Gasteiger partial charge in [-0.3, -0.25) is 9.97 Å². The van der Waals surface area contributed by atoms with Crippen LogP contribution in [0, 0.1) is 12.9 Å². The van der Waals surface area contributed by atoms with Crippen LogP contribution in [-0.4, -0.2) is 33.8 Å². The molecule has 6 nitrogen and oxygen atoms in total. The van der Waals surface area contributed by atoms with Crippen LogP contribution in [0.2, 0.25) is 0 Å². The number of nitrogens with zero attached hydrogens (tertiary/aromatic N) is 5. The van der Waals surface area contributed by atoms with Crippen LogP contribution >= 0.6 is 0 Å². The Bertz CT molecular complexity index is 1350. The SMILES string of the molecule is Cc1nc(F)ccc1N1CN(C)c2cnc3ccc(-c4cncc(C(C)(C)O)c4)cc3c21. The van der Waals surface area contributed by atoms with Gasteiger partial charge < -0.3 is 14.9 Å². The zero-order chi connectivity index (χ0) is 22.6. The van der Waals surface area contributed by atoms with E-state index in [1.54, 1.807) is 32.3 Å². The highest BCUT2D eigenvalue weighted by molar-refractivity contribution is 6.04. The van der Waals surface area contributed by atoms with E-state index >= 15 is 0 Å². The van der Waals surface area contributed by atoms with Gasteiger partial charge in [-0.2, -0.15) is 4.39 Å². The van der Waals surface area contributed by atoms with Gasteiger partial charge in [0.25, 0.3) is 0 Å². The second kappa shape index (κ2) is 7.24. The normalized spacial score (nSPS) is 13.7. The Hall–Kier alpha value is -3.58. The summed E-state index contributed by atoms with van der Waals surface area (Å²) in [4.78, 5) is 17.3. The average molecular weight is 429 g/mol. The maximum absolute atomic E-state index is 13.6. The first-order valence-electron chi connectivity index (χ1n) is 10.5. The van der Waals surface area contributed by atoms with Crippen molar-refractivity contribution in [2.45, 2.75) is 26.4 Å². The number of hydrogen-bond donors (Lipinski definition) is 1. The molecule has 4 aromatic rings. The first kappa shape index (κ1) is 20.3. The maximum atomic E-state index is 13.6. The van der Waals surface area contributed by atoms with E-state index in [4.69, 9.17) is 0 Å². The number of fused-ring (bicyclic) bond motifs is 3. The Morgan fingerprint density at radius 1 is 1.00 bits per heavy atom. The van der Waals surface area contributed by atoms with E-state index in [2.05, 4.69) is 30.8 Å². The van der Waals surface area contributed by atoms with E-state index in [9.17, 15) is 9.50 Å². The van der Waals surface area contributed by atoms with Gasteiger partial charge in [0, 0.05) is 36.0 Å². The number of halogens is 1. The van der Waals surface area contributed by atoms with E-state index < -0.39 is 11.5 Å². The van der Waals surface area contributed by atoms with Crippen molar-refractivity contribution in [1.29, 1.82) is 0 Å². The summed E-state index contributed by atoms with van der Waals surface area (Å²) in [5.41, 5.74) is 6.05. The van der Waals surface area contributed by atoms with E-state index in [1.165, 1.54) is 6.07 Å². The molecule has 0 saturated heterocycles. The van der Waals surface area contributed by atoms with Crippen LogP contribution in [0.5, 0.6) is 0 Å². The van der Waals surface area contributed by atoms with Crippen molar-refractivity contribution < 1.29 is 9.50 Å². The van der Waals surface area contributed by atoms with Gasteiger partial charge in [-0.05, 0) is 56.7 Å². The smallest absolute Gasteiger partial charge is 0.213 e. The first-order chi connectivity index (χ1) is 15.2. The third-order valence-electron chi connectivity index (χ3n) is 5.95. The summed E-state index contributed by atoms with van der Waals surface area (Å²) in [5, 5.41) is 11.4. The summed E-state index contributed by atoms with van der Waals surface area (Å²) < 4.78 is 13.6. The molecule has 1 N–H and O–H groups in total. The topological polar surface area (TPSA) is 65.4 Å². The van der Waals surface area contributed by atoms with Crippen LogP contribution in [0.1, 0.15) is 25.1 Å². The van der Waals surface area contributed by atoms with Gasteiger partial charge in [-0.25, -0.2) is 4.98 Å². The molecule has 0 aliphatic carbocycles. The predicted molar refractivity (Wildman–Crippen MR) is 125 cm³/mol. The molecule has 0 amide bonds. The molecule has 1 aliphatic rings. The fraction of sp³-hybridized carbons (Fsp3) is 0.240. The molecule has 7 heteroatoms. The molecular weight excluding hydrogens is 405 g/mol. The highest BCUT2D eigenvalue weighted by atomic mass is 19.1. The highest BCUT2D eigenvalue weighted by Gasteiger charge is 2.29. The van der Waals surface area contributed by atoms with Gasteiger partial charge in [0.2, 0.25) is 5.95 Å². The standard InChI is InChI=1S/C25H24FN5O/c1-15-21(7-8-23(26)29-15)31-14-30(4)22-13-28-20-6-5-16(10-19(20)24(22)31)17-9-18(12-27-11-17)25(2,3)32/h5-13,32H,14H2,1-4H3. The second-order valence-corrected chi connectivity index (χ2v) is 8.75. The number of anilines is 3. The molecule has 1 aliphatic heterocycles. The van der Waals surface area contributed by atoms with Crippen molar-refractivity contribution in [3.05, 3.63) is 72.2 Å². The highest BCUT2D eigenvalue weighted by Crippen LogP contribution is 2.45. The molecule has 0 radical (unpaired) electrons. The number of aryl methyl sites for hydroxylation is 1. The first-order valence-corrected chi connectivity index (χ1v) is 10.5. The van der Waals surface area contributed by atoms with E-state index in [0.717, 1.165) is 44.7 Å². The summed E-state index contributed by atoms with van der Waals surface area (Å²) in [6.07, 6.45) is 5.36. The lowest BCUT2D eigenvalue weighted by atomic mass is 9.96. The lowest BCUT2D eigenvalue weighted by Crippen LogP contribution is -2.24. The second-order valence-electron chi connectivity index (χ2n) is 8.75. The average Bonchev–Trinajstić information content (AvgIpc) is 3.09. The van der Waals surface area contributed by atoms with Gasteiger partial charge in [-0.15, -0.1) is 0 Å². The van der Waals surface area contributed by atoms with Crippen molar-refractivity contribution in [3.63, 3.8) is 0 Å². The quantitative estimate of drug-likeness (QED) is 0.467. The summed E-state index contributed by atoms with van der Waals surface area (Å²) >= 11 is 0. The van der Waals surface area contributed by atoms with Gasteiger partial charge in [0.1, 0.15) is 0 Å². The summed E-state index contributed by atoms with van der Waals surface area (Å²) in [7, 11) is 2.01. The van der Waals surface area contributed by atoms with Gasteiger partial charge in [0.15, 0.2) is 0 Å². The Kier molecular flexibility index (Phi) is 4.60.